The molecule has 0 N–H and O–H groups in total. The molecule has 0 saturated heterocycles. The summed E-state index contributed by atoms with van der Waals surface area (Å²) in [5.41, 5.74) is 2.38. The summed E-state index contributed by atoms with van der Waals surface area (Å²) in [6.07, 6.45) is -3.33. The molecule has 112 valence electrons. The van der Waals surface area contributed by atoms with Crippen LogP contribution >= 0.6 is 0 Å². The van der Waals surface area contributed by atoms with E-state index in [1.165, 1.54) is 0 Å². The van der Waals surface area contributed by atoms with Crippen molar-refractivity contribution in [2.24, 2.45) is 0 Å². The van der Waals surface area contributed by atoms with Crippen LogP contribution in [0.4, 0.5) is 13.2 Å². The minimum Gasteiger partial charge on any atom is -0.292 e. The quantitative estimate of drug-likeness (QED) is 0.809. The van der Waals surface area contributed by atoms with E-state index in [0.717, 1.165) is 33.6 Å². The molecule has 0 unspecified atom stereocenters. The van der Waals surface area contributed by atoms with Gasteiger partial charge in [0.25, 0.3) is 0 Å². The Morgan fingerprint density at radius 3 is 2.33 bits per heavy atom. The first-order valence-corrected chi connectivity index (χ1v) is 6.40. The van der Waals surface area contributed by atoms with Gasteiger partial charge in [-0.1, -0.05) is 6.07 Å². The maximum atomic E-state index is 12.5. The third kappa shape index (κ3) is 3.32. The number of halogens is 3. The number of nitrogens with zero attached hydrogens (tertiary/aromatic N) is 2. The molecule has 2 rings (SSSR count). The van der Waals surface area contributed by atoms with E-state index in [1.807, 2.05) is 26.8 Å². The van der Waals surface area contributed by atoms with Crippen LogP contribution in [-0.2, 0) is 12.7 Å². The highest BCUT2D eigenvalue weighted by Crippen LogP contribution is 2.27. The average Bonchev–Trinajstić information content (AvgIpc) is 2.82. The molecule has 1 aromatic heterocycles. The fourth-order valence-corrected chi connectivity index (χ4v) is 2.09. The summed E-state index contributed by atoms with van der Waals surface area (Å²) in [6.45, 7) is 5.43. The maximum absolute atomic E-state index is 12.5. The molecule has 0 aliphatic rings. The maximum Gasteiger partial charge on any atom is 0.435 e. The number of hydrogen-bond donors (Lipinski definition) is 0. The Hall–Kier alpha value is -2.11. The van der Waals surface area contributed by atoms with Crippen LogP contribution in [0.1, 0.15) is 32.7 Å². The molecule has 2 aromatic rings. The Morgan fingerprint density at radius 1 is 1.14 bits per heavy atom. The van der Waals surface area contributed by atoms with Crippen LogP contribution in [-0.4, -0.2) is 15.6 Å². The van der Waals surface area contributed by atoms with Gasteiger partial charge in [0.1, 0.15) is 6.54 Å². The van der Waals surface area contributed by atoms with Crippen LogP contribution in [0.2, 0.25) is 0 Å². The van der Waals surface area contributed by atoms with Gasteiger partial charge in [0, 0.05) is 11.8 Å². The van der Waals surface area contributed by atoms with Crippen molar-refractivity contribution in [3.05, 3.63) is 52.3 Å². The minimum absolute atomic E-state index is 0.209. The van der Waals surface area contributed by atoms with Crippen molar-refractivity contribution in [3.8, 4) is 0 Å². The van der Waals surface area contributed by atoms with Gasteiger partial charge in [-0.05, 0) is 49.6 Å². The number of carbonyl (C=O) groups excluding carboxylic acids is 1. The molecule has 3 nitrogen and oxygen atoms in total. The molecule has 0 aliphatic heterocycles. The number of alkyl halides is 3. The largest absolute Gasteiger partial charge is 0.435 e. The number of hydrogen-bond acceptors (Lipinski definition) is 2. The predicted molar refractivity (Wildman–Crippen MR) is 72.2 cm³/mol. The van der Waals surface area contributed by atoms with E-state index >= 15 is 0 Å². The molecular formula is C15H15F3N2O. The van der Waals surface area contributed by atoms with Gasteiger partial charge in [0.15, 0.2) is 11.5 Å². The second-order valence-electron chi connectivity index (χ2n) is 5.07. The smallest absolute Gasteiger partial charge is 0.292 e. The van der Waals surface area contributed by atoms with Crippen LogP contribution in [0.25, 0.3) is 0 Å². The Balaban J connectivity index is 2.22. The molecule has 6 heteroatoms. The third-order valence-electron chi connectivity index (χ3n) is 3.38. The lowest BCUT2D eigenvalue weighted by Gasteiger charge is -2.09. The van der Waals surface area contributed by atoms with Gasteiger partial charge in [-0.25, -0.2) is 0 Å². The Morgan fingerprint density at radius 2 is 1.76 bits per heavy atom. The topological polar surface area (TPSA) is 34.9 Å². The van der Waals surface area contributed by atoms with E-state index in [0.29, 0.717) is 5.56 Å². The number of rotatable bonds is 3. The Kier molecular flexibility index (Phi) is 3.89. The van der Waals surface area contributed by atoms with Gasteiger partial charge in [-0.15, -0.1) is 0 Å². The van der Waals surface area contributed by atoms with Crippen LogP contribution in [0, 0.1) is 20.8 Å². The molecule has 0 bridgehead atoms. The van der Waals surface area contributed by atoms with E-state index in [1.54, 1.807) is 6.07 Å². The molecule has 0 spiro atoms. The Bertz CT molecular complexity index is 687. The predicted octanol–water partition coefficient (Wildman–Crippen LogP) is 3.71. The van der Waals surface area contributed by atoms with Crippen molar-refractivity contribution in [2.45, 2.75) is 33.5 Å². The molecule has 1 heterocycles. The lowest BCUT2D eigenvalue weighted by atomic mass is 9.98. The van der Waals surface area contributed by atoms with E-state index in [-0.39, 0.29) is 12.3 Å². The van der Waals surface area contributed by atoms with Crippen LogP contribution < -0.4 is 0 Å². The van der Waals surface area contributed by atoms with Crippen molar-refractivity contribution in [3.63, 3.8) is 0 Å². The van der Waals surface area contributed by atoms with Crippen molar-refractivity contribution in [1.82, 2.24) is 9.78 Å². The fourth-order valence-electron chi connectivity index (χ4n) is 2.09. The third-order valence-corrected chi connectivity index (χ3v) is 3.38. The first-order valence-electron chi connectivity index (χ1n) is 6.40. The molecule has 0 radical (unpaired) electrons. The number of ketones is 1. The van der Waals surface area contributed by atoms with E-state index in [9.17, 15) is 18.0 Å². The van der Waals surface area contributed by atoms with E-state index < -0.39 is 11.9 Å². The zero-order valence-corrected chi connectivity index (χ0v) is 12.0. The Labute approximate surface area is 120 Å². The van der Waals surface area contributed by atoms with E-state index in [4.69, 9.17) is 0 Å². The summed E-state index contributed by atoms with van der Waals surface area (Å²) >= 11 is 0. The first-order chi connectivity index (χ1) is 9.68. The normalized spacial score (nSPS) is 11.7. The molecule has 0 atom stereocenters. The highest BCUT2D eigenvalue weighted by Gasteiger charge is 2.33. The minimum atomic E-state index is -4.50. The van der Waals surface area contributed by atoms with Crippen molar-refractivity contribution >= 4 is 5.78 Å². The van der Waals surface area contributed by atoms with Crippen molar-refractivity contribution < 1.29 is 18.0 Å². The summed E-state index contributed by atoms with van der Waals surface area (Å²) in [5, 5.41) is 3.39. The van der Waals surface area contributed by atoms with Crippen LogP contribution in [0.5, 0.6) is 0 Å². The molecule has 0 amide bonds. The highest BCUT2D eigenvalue weighted by molar-refractivity contribution is 5.97. The lowest BCUT2D eigenvalue weighted by Crippen LogP contribution is -2.14. The molecule has 0 aliphatic carbocycles. The first kappa shape index (κ1) is 15.3. The summed E-state index contributed by atoms with van der Waals surface area (Å²) in [5.74, 6) is -0.257. The second-order valence-corrected chi connectivity index (χ2v) is 5.07. The summed E-state index contributed by atoms with van der Waals surface area (Å²) in [4.78, 5) is 12.2. The molecule has 0 saturated carbocycles. The van der Waals surface area contributed by atoms with Gasteiger partial charge in [0.05, 0.1) is 0 Å². The molecule has 0 fully saturated rings. The molecular weight excluding hydrogens is 281 g/mol. The zero-order chi connectivity index (χ0) is 15.8. The lowest BCUT2D eigenvalue weighted by molar-refractivity contribution is -0.141. The number of benzene rings is 1. The van der Waals surface area contributed by atoms with E-state index in [2.05, 4.69) is 5.10 Å². The number of Topliss-reactive ketones (excluding diaryl/α,β-unsaturated/α-hetero) is 1. The molecule has 1 aromatic carbocycles. The van der Waals surface area contributed by atoms with Gasteiger partial charge >= 0.3 is 6.18 Å². The average molecular weight is 296 g/mol. The van der Waals surface area contributed by atoms with Crippen molar-refractivity contribution in [1.29, 1.82) is 0 Å². The van der Waals surface area contributed by atoms with Crippen LogP contribution in [0.3, 0.4) is 0 Å². The number of aromatic nitrogens is 2. The standard InChI is InChI=1S/C15H15F3N2O/c1-9-6-11(3)12(7-10(9)2)13(21)8-20-5-4-14(19-20)15(16,17)18/h4-7H,8H2,1-3H3. The summed E-state index contributed by atoms with van der Waals surface area (Å²) < 4.78 is 38.4. The monoisotopic (exact) mass is 296 g/mol. The molecule has 21 heavy (non-hydrogen) atoms. The SMILES string of the molecule is Cc1cc(C)c(C(=O)Cn2ccc(C(F)(F)F)n2)cc1C. The second kappa shape index (κ2) is 5.35. The number of aryl methyl sites for hydroxylation is 3. The summed E-state index contributed by atoms with van der Waals surface area (Å²) in [6, 6.07) is 4.52. The van der Waals surface area contributed by atoms with Crippen molar-refractivity contribution in [2.75, 3.05) is 0 Å². The fraction of sp³-hybridized carbons (Fsp3) is 0.333. The van der Waals surface area contributed by atoms with Gasteiger partial charge in [0.2, 0.25) is 0 Å². The van der Waals surface area contributed by atoms with Gasteiger partial charge < -0.3 is 0 Å². The van der Waals surface area contributed by atoms with Gasteiger partial charge in [-0.2, -0.15) is 18.3 Å². The zero-order valence-electron chi connectivity index (χ0n) is 12.0. The number of carbonyl (C=O) groups is 1. The highest BCUT2D eigenvalue weighted by atomic mass is 19.4. The van der Waals surface area contributed by atoms with Gasteiger partial charge in [-0.3, -0.25) is 9.48 Å². The summed E-state index contributed by atoms with van der Waals surface area (Å²) in [7, 11) is 0. The van der Waals surface area contributed by atoms with Crippen LogP contribution in [0.15, 0.2) is 24.4 Å².